The lowest BCUT2D eigenvalue weighted by Crippen LogP contribution is -2.08. The molecule has 1 rings (SSSR count). The fourth-order valence-electron chi connectivity index (χ4n) is 1.05. The largest absolute Gasteiger partial charge is 0.375 e. The second kappa shape index (κ2) is 6.39. The minimum absolute atomic E-state index is 0.0749. The van der Waals surface area contributed by atoms with E-state index in [0.717, 1.165) is 0 Å². The summed E-state index contributed by atoms with van der Waals surface area (Å²) in [7, 11) is 0. The number of ketones is 1. The number of rotatable bonds is 7. The highest BCUT2D eigenvalue weighted by molar-refractivity contribution is 5.81. The zero-order valence-electron chi connectivity index (χ0n) is 9.65. The van der Waals surface area contributed by atoms with Crippen LogP contribution < -0.4 is 0 Å². The van der Waals surface area contributed by atoms with Crippen LogP contribution in [0.25, 0.3) is 0 Å². The zero-order chi connectivity index (χ0) is 12.8. The highest BCUT2D eigenvalue weighted by atomic mass is 19.3. The van der Waals surface area contributed by atoms with E-state index in [1.54, 1.807) is 6.92 Å². The number of hydrogen-bond donors (Lipinski definition) is 0. The maximum absolute atomic E-state index is 11.7. The number of ether oxygens (including phenoxy) is 1. The molecular formula is C10H14F2N2O3. The number of alkyl halides is 2. The zero-order valence-corrected chi connectivity index (χ0v) is 9.65. The van der Waals surface area contributed by atoms with E-state index in [2.05, 4.69) is 14.9 Å². The quantitative estimate of drug-likeness (QED) is 0.685. The van der Waals surface area contributed by atoms with Gasteiger partial charge in [-0.3, -0.25) is 4.79 Å². The molecule has 1 atom stereocenters. The van der Waals surface area contributed by atoms with E-state index in [1.165, 1.54) is 6.92 Å². The van der Waals surface area contributed by atoms with Crippen molar-refractivity contribution >= 4 is 5.78 Å². The topological polar surface area (TPSA) is 65.2 Å². The summed E-state index contributed by atoms with van der Waals surface area (Å²) in [6, 6.07) is 0. The molecule has 7 heteroatoms. The van der Waals surface area contributed by atoms with Gasteiger partial charge in [-0.1, -0.05) is 5.16 Å². The van der Waals surface area contributed by atoms with Gasteiger partial charge in [-0.2, -0.15) is 4.98 Å². The standard InChI is InChI=1S/C10H14F2N2O3/c1-6(7(2)15)10-13-9(14-17-10)3-4-16-5-8(11)12/h6,8H,3-5H2,1-2H3. The number of carbonyl (C=O) groups is 1. The van der Waals surface area contributed by atoms with Gasteiger partial charge in [0, 0.05) is 6.42 Å². The monoisotopic (exact) mass is 248 g/mol. The Hall–Kier alpha value is -1.37. The third-order valence-corrected chi connectivity index (χ3v) is 2.18. The van der Waals surface area contributed by atoms with Gasteiger partial charge in [-0.25, -0.2) is 8.78 Å². The van der Waals surface area contributed by atoms with Gasteiger partial charge in [0.15, 0.2) is 5.82 Å². The van der Waals surface area contributed by atoms with Crippen molar-refractivity contribution in [3.8, 4) is 0 Å². The van der Waals surface area contributed by atoms with Gasteiger partial charge >= 0.3 is 0 Å². The molecule has 1 aromatic heterocycles. The van der Waals surface area contributed by atoms with Crippen LogP contribution in [0.1, 0.15) is 31.5 Å². The summed E-state index contributed by atoms with van der Waals surface area (Å²) in [5.41, 5.74) is 0. The van der Waals surface area contributed by atoms with E-state index in [9.17, 15) is 13.6 Å². The number of Topliss-reactive ketones (excluding diaryl/α,β-unsaturated/α-hetero) is 1. The number of nitrogens with zero attached hydrogens (tertiary/aromatic N) is 2. The molecule has 0 radical (unpaired) electrons. The summed E-state index contributed by atoms with van der Waals surface area (Å²) in [4.78, 5) is 15.0. The normalized spacial score (nSPS) is 13.0. The van der Waals surface area contributed by atoms with Gasteiger partial charge in [-0.05, 0) is 13.8 Å². The van der Waals surface area contributed by atoms with Gasteiger partial charge in [0.25, 0.3) is 6.43 Å². The number of carbonyl (C=O) groups excluding carboxylic acids is 1. The fraction of sp³-hybridized carbons (Fsp3) is 0.700. The van der Waals surface area contributed by atoms with Crippen LogP contribution in [-0.4, -0.2) is 35.6 Å². The Morgan fingerprint density at radius 3 is 2.82 bits per heavy atom. The van der Waals surface area contributed by atoms with Crippen molar-refractivity contribution in [1.82, 2.24) is 10.1 Å². The first-order valence-electron chi connectivity index (χ1n) is 5.19. The van der Waals surface area contributed by atoms with Crippen molar-refractivity contribution in [2.45, 2.75) is 32.6 Å². The molecule has 0 aromatic carbocycles. The van der Waals surface area contributed by atoms with Crippen LogP contribution in [0.15, 0.2) is 4.52 Å². The van der Waals surface area contributed by atoms with Crippen LogP contribution >= 0.6 is 0 Å². The predicted molar refractivity (Wildman–Crippen MR) is 53.9 cm³/mol. The molecule has 0 fully saturated rings. The van der Waals surface area contributed by atoms with Crippen molar-refractivity contribution < 1.29 is 22.8 Å². The lowest BCUT2D eigenvalue weighted by molar-refractivity contribution is -0.118. The van der Waals surface area contributed by atoms with Crippen molar-refractivity contribution in [3.63, 3.8) is 0 Å². The van der Waals surface area contributed by atoms with E-state index in [4.69, 9.17) is 4.52 Å². The van der Waals surface area contributed by atoms with Crippen molar-refractivity contribution in [1.29, 1.82) is 0 Å². The summed E-state index contributed by atoms with van der Waals surface area (Å²) in [6.07, 6.45) is -2.20. The maximum atomic E-state index is 11.7. The number of hydrogen-bond acceptors (Lipinski definition) is 5. The second-order valence-electron chi connectivity index (χ2n) is 3.60. The van der Waals surface area contributed by atoms with Gasteiger partial charge in [0.2, 0.25) is 5.89 Å². The summed E-state index contributed by atoms with van der Waals surface area (Å²) in [5, 5.41) is 3.63. The van der Waals surface area contributed by atoms with Gasteiger partial charge in [-0.15, -0.1) is 0 Å². The molecule has 1 aromatic rings. The second-order valence-corrected chi connectivity index (χ2v) is 3.60. The predicted octanol–water partition coefficient (Wildman–Crippen LogP) is 1.59. The Bertz CT molecular complexity index is 368. The Morgan fingerprint density at radius 2 is 2.24 bits per heavy atom. The summed E-state index contributed by atoms with van der Waals surface area (Å²) in [5.74, 6) is 0.0658. The average Bonchev–Trinajstić information content (AvgIpc) is 2.71. The van der Waals surface area contributed by atoms with Crippen LogP contribution in [-0.2, 0) is 16.0 Å². The van der Waals surface area contributed by atoms with Crippen LogP contribution in [0.2, 0.25) is 0 Å². The number of halogens is 2. The first kappa shape index (κ1) is 13.7. The molecule has 0 aliphatic carbocycles. The Balaban J connectivity index is 2.38. The molecule has 0 N–H and O–H groups in total. The van der Waals surface area contributed by atoms with Crippen molar-refractivity contribution in [2.24, 2.45) is 0 Å². The van der Waals surface area contributed by atoms with Crippen molar-refractivity contribution in [3.05, 3.63) is 11.7 Å². The average molecular weight is 248 g/mol. The minimum Gasteiger partial charge on any atom is -0.375 e. The first-order chi connectivity index (χ1) is 8.00. The molecule has 0 saturated carbocycles. The van der Waals surface area contributed by atoms with Crippen molar-refractivity contribution in [2.75, 3.05) is 13.2 Å². The molecule has 0 spiro atoms. The van der Waals surface area contributed by atoms with Gasteiger partial charge < -0.3 is 9.26 Å². The van der Waals surface area contributed by atoms with E-state index >= 15 is 0 Å². The number of aromatic nitrogens is 2. The molecule has 1 unspecified atom stereocenters. The Kier molecular flexibility index (Phi) is 5.14. The molecule has 0 saturated heterocycles. The third-order valence-electron chi connectivity index (χ3n) is 2.18. The SMILES string of the molecule is CC(=O)C(C)c1nc(CCOCC(F)F)no1. The first-order valence-corrected chi connectivity index (χ1v) is 5.19. The molecule has 0 amide bonds. The van der Waals surface area contributed by atoms with Crippen LogP contribution in [0.5, 0.6) is 0 Å². The highest BCUT2D eigenvalue weighted by Gasteiger charge is 2.18. The lowest BCUT2D eigenvalue weighted by atomic mass is 10.1. The Labute approximate surface area is 97.1 Å². The third kappa shape index (κ3) is 4.56. The van der Waals surface area contributed by atoms with E-state index in [-0.39, 0.29) is 24.7 Å². The molecular weight excluding hydrogens is 234 g/mol. The fourth-order valence-corrected chi connectivity index (χ4v) is 1.05. The maximum Gasteiger partial charge on any atom is 0.261 e. The smallest absolute Gasteiger partial charge is 0.261 e. The van der Waals surface area contributed by atoms with Gasteiger partial charge in [0.1, 0.15) is 12.4 Å². The molecule has 96 valence electrons. The van der Waals surface area contributed by atoms with Gasteiger partial charge in [0.05, 0.1) is 12.5 Å². The van der Waals surface area contributed by atoms with Crippen LogP contribution in [0.3, 0.4) is 0 Å². The lowest BCUT2D eigenvalue weighted by Gasteiger charge is -2.00. The molecule has 0 bridgehead atoms. The van der Waals surface area contributed by atoms with E-state index in [0.29, 0.717) is 5.82 Å². The van der Waals surface area contributed by atoms with Crippen LogP contribution in [0, 0.1) is 0 Å². The van der Waals surface area contributed by atoms with E-state index < -0.39 is 19.0 Å². The molecule has 1 heterocycles. The van der Waals surface area contributed by atoms with Crippen LogP contribution in [0.4, 0.5) is 8.78 Å². The highest BCUT2D eigenvalue weighted by Crippen LogP contribution is 2.13. The molecule has 0 aliphatic rings. The summed E-state index contributed by atoms with van der Waals surface area (Å²) in [6.45, 7) is 2.58. The summed E-state index contributed by atoms with van der Waals surface area (Å²) >= 11 is 0. The molecule has 17 heavy (non-hydrogen) atoms. The van der Waals surface area contributed by atoms with E-state index in [1.807, 2.05) is 0 Å². The summed E-state index contributed by atoms with van der Waals surface area (Å²) < 4.78 is 33.1. The molecule has 5 nitrogen and oxygen atoms in total. The minimum atomic E-state index is -2.48. The Morgan fingerprint density at radius 1 is 1.53 bits per heavy atom. The molecule has 0 aliphatic heterocycles.